The topological polar surface area (TPSA) is 27.7 Å². The summed E-state index contributed by atoms with van der Waals surface area (Å²) in [6.07, 6.45) is 0. The zero-order valence-electron chi connectivity index (χ0n) is 15.0. The lowest BCUT2D eigenvalue weighted by atomic mass is 10.2. The van der Waals surface area contributed by atoms with E-state index in [-0.39, 0.29) is 11.6 Å². The third-order valence-corrected chi connectivity index (χ3v) is 4.82. The predicted molar refractivity (Wildman–Crippen MR) is 107 cm³/mol. The highest BCUT2D eigenvalue weighted by Crippen LogP contribution is 2.12. The molecule has 27 heavy (non-hydrogen) atoms. The first-order valence-electron chi connectivity index (χ1n) is 8.96. The number of halogens is 2. The predicted octanol–water partition coefficient (Wildman–Crippen LogP) is 3.50. The summed E-state index contributed by atoms with van der Waals surface area (Å²) in [5.41, 5.74) is 1.71. The number of hydrogen-bond acceptors (Lipinski definition) is 3. The van der Waals surface area contributed by atoms with Crippen LogP contribution in [0, 0.1) is 11.6 Å². The van der Waals surface area contributed by atoms with Crippen molar-refractivity contribution in [3.05, 3.63) is 65.7 Å². The van der Waals surface area contributed by atoms with E-state index < -0.39 is 0 Å². The van der Waals surface area contributed by atoms with E-state index in [4.69, 9.17) is 17.0 Å². The summed E-state index contributed by atoms with van der Waals surface area (Å²) < 4.78 is 31.7. The van der Waals surface area contributed by atoms with Crippen LogP contribution in [0.3, 0.4) is 0 Å². The van der Waals surface area contributed by atoms with Gasteiger partial charge in [0.15, 0.2) is 5.11 Å². The second-order valence-electron chi connectivity index (χ2n) is 6.44. The Bertz CT molecular complexity index is 734. The fraction of sp³-hybridized carbons (Fsp3) is 0.350. The molecule has 144 valence electrons. The lowest BCUT2D eigenvalue weighted by molar-refractivity contribution is 0.0358. The molecule has 3 rings (SSSR count). The maximum absolute atomic E-state index is 13.2. The van der Waals surface area contributed by atoms with Gasteiger partial charge < -0.3 is 15.0 Å². The zero-order chi connectivity index (χ0) is 19.1. The molecule has 1 saturated heterocycles. The highest BCUT2D eigenvalue weighted by atomic mass is 32.1. The Balaban J connectivity index is 1.65. The average molecular weight is 391 g/mol. The summed E-state index contributed by atoms with van der Waals surface area (Å²) in [5.74, 6) is -0.549. The first-order valence-corrected chi connectivity index (χ1v) is 9.37. The van der Waals surface area contributed by atoms with Gasteiger partial charge in [-0.25, -0.2) is 8.78 Å². The van der Waals surface area contributed by atoms with Gasteiger partial charge in [-0.3, -0.25) is 4.90 Å². The number of hydrogen-bond donors (Lipinski definition) is 1. The Hall–Kier alpha value is -2.09. The third kappa shape index (κ3) is 6.23. The molecule has 0 bridgehead atoms. The third-order valence-electron chi connectivity index (χ3n) is 4.46. The van der Waals surface area contributed by atoms with Gasteiger partial charge in [-0.1, -0.05) is 12.1 Å². The number of rotatable bonds is 6. The van der Waals surface area contributed by atoms with Crippen LogP contribution in [0.5, 0.6) is 0 Å². The van der Waals surface area contributed by atoms with Crippen molar-refractivity contribution in [2.24, 2.45) is 0 Å². The Morgan fingerprint density at radius 1 is 1.00 bits per heavy atom. The molecule has 2 aromatic rings. The average Bonchev–Trinajstić information content (AvgIpc) is 2.69. The van der Waals surface area contributed by atoms with Crippen LogP contribution in [-0.2, 0) is 11.3 Å². The van der Waals surface area contributed by atoms with Crippen molar-refractivity contribution >= 4 is 23.0 Å². The van der Waals surface area contributed by atoms with Crippen LogP contribution in [-0.4, -0.2) is 54.3 Å². The molecule has 1 aliphatic heterocycles. The molecular formula is C20H23F2N3OS. The van der Waals surface area contributed by atoms with Gasteiger partial charge >= 0.3 is 0 Å². The second-order valence-corrected chi connectivity index (χ2v) is 6.83. The molecule has 0 amide bonds. The van der Waals surface area contributed by atoms with E-state index in [1.54, 1.807) is 24.3 Å². The van der Waals surface area contributed by atoms with Crippen LogP contribution in [0.1, 0.15) is 5.56 Å². The van der Waals surface area contributed by atoms with Crippen molar-refractivity contribution in [2.75, 3.05) is 44.7 Å². The van der Waals surface area contributed by atoms with Crippen molar-refractivity contribution in [1.29, 1.82) is 0 Å². The van der Waals surface area contributed by atoms with Crippen molar-refractivity contribution in [1.82, 2.24) is 9.80 Å². The van der Waals surface area contributed by atoms with Gasteiger partial charge in [0.25, 0.3) is 0 Å². The molecule has 0 spiro atoms. The smallest absolute Gasteiger partial charge is 0.173 e. The maximum atomic E-state index is 13.2. The minimum Gasteiger partial charge on any atom is -0.379 e. The summed E-state index contributed by atoms with van der Waals surface area (Å²) >= 11 is 5.59. The van der Waals surface area contributed by atoms with Crippen molar-refractivity contribution in [2.45, 2.75) is 6.54 Å². The molecule has 1 heterocycles. The van der Waals surface area contributed by atoms with Gasteiger partial charge in [-0.15, -0.1) is 0 Å². The van der Waals surface area contributed by atoms with Gasteiger partial charge in [-0.2, -0.15) is 0 Å². The number of thiocarbonyl (C=S) groups is 1. The number of ether oxygens (including phenoxy) is 1. The fourth-order valence-electron chi connectivity index (χ4n) is 2.89. The molecule has 2 aromatic carbocycles. The number of benzene rings is 2. The molecule has 4 nitrogen and oxygen atoms in total. The highest BCUT2D eigenvalue weighted by molar-refractivity contribution is 7.80. The largest absolute Gasteiger partial charge is 0.379 e. The molecular weight excluding hydrogens is 368 g/mol. The van der Waals surface area contributed by atoms with Crippen molar-refractivity contribution in [3.63, 3.8) is 0 Å². The Labute approximate surface area is 163 Å². The minimum atomic E-state index is -0.290. The summed E-state index contributed by atoms with van der Waals surface area (Å²) in [4.78, 5) is 4.38. The molecule has 7 heteroatoms. The summed E-state index contributed by atoms with van der Waals surface area (Å²) in [6.45, 7) is 5.45. The van der Waals surface area contributed by atoms with Crippen LogP contribution in [0.2, 0.25) is 0 Å². The minimum absolute atomic E-state index is 0.259. The SMILES string of the molecule is Fc1ccc(CN(CCN2CCOCC2)C(=S)Nc2ccc(F)cc2)cc1. The molecule has 0 aliphatic carbocycles. The van der Waals surface area contributed by atoms with Crippen molar-refractivity contribution in [3.8, 4) is 0 Å². The van der Waals surface area contributed by atoms with Gasteiger partial charge in [-0.05, 0) is 54.2 Å². The van der Waals surface area contributed by atoms with Gasteiger partial charge in [0.2, 0.25) is 0 Å². The molecule has 1 fully saturated rings. The lowest BCUT2D eigenvalue weighted by Gasteiger charge is -2.31. The number of morpholine rings is 1. The highest BCUT2D eigenvalue weighted by Gasteiger charge is 2.15. The molecule has 0 aromatic heterocycles. The molecule has 1 aliphatic rings. The van der Waals surface area contributed by atoms with Crippen LogP contribution >= 0.6 is 12.2 Å². The van der Waals surface area contributed by atoms with Gasteiger partial charge in [0, 0.05) is 38.4 Å². The summed E-state index contributed by atoms with van der Waals surface area (Å²) in [5, 5.41) is 3.72. The van der Waals surface area contributed by atoms with E-state index in [1.807, 2.05) is 4.90 Å². The van der Waals surface area contributed by atoms with Crippen LogP contribution in [0.25, 0.3) is 0 Å². The zero-order valence-corrected chi connectivity index (χ0v) is 15.9. The number of anilines is 1. The Morgan fingerprint density at radius 2 is 1.59 bits per heavy atom. The normalized spacial score (nSPS) is 14.7. The van der Waals surface area contributed by atoms with E-state index >= 15 is 0 Å². The summed E-state index contributed by atoms with van der Waals surface area (Å²) in [6, 6.07) is 12.5. The Kier molecular flexibility index (Phi) is 7.09. The van der Waals surface area contributed by atoms with E-state index in [9.17, 15) is 8.78 Å². The van der Waals surface area contributed by atoms with Crippen LogP contribution in [0.15, 0.2) is 48.5 Å². The van der Waals surface area contributed by atoms with E-state index in [0.717, 1.165) is 50.6 Å². The van der Waals surface area contributed by atoms with Gasteiger partial charge in [0.05, 0.1) is 13.2 Å². The first kappa shape index (κ1) is 19.7. The first-order chi connectivity index (χ1) is 13.1. The molecule has 0 unspecified atom stereocenters. The quantitative estimate of drug-likeness (QED) is 0.761. The van der Waals surface area contributed by atoms with Crippen LogP contribution in [0.4, 0.5) is 14.5 Å². The van der Waals surface area contributed by atoms with E-state index in [1.165, 1.54) is 24.3 Å². The maximum Gasteiger partial charge on any atom is 0.173 e. The molecule has 1 N–H and O–H groups in total. The summed E-state index contributed by atoms with van der Waals surface area (Å²) in [7, 11) is 0. The standard InChI is InChI=1S/C20H23F2N3OS/c21-17-3-1-16(2-4-17)15-25(10-9-24-11-13-26-14-12-24)20(27)23-19-7-5-18(22)6-8-19/h1-8H,9-15H2,(H,23,27). The molecule has 0 radical (unpaired) electrons. The van der Waals surface area contributed by atoms with Gasteiger partial charge in [0.1, 0.15) is 11.6 Å². The van der Waals surface area contributed by atoms with Crippen LogP contribution < -0.4 is 5.32 Å². The molecule has 0 atom stereocenters. The van der Waals surface area contributed by atoms with Crippen molar-refractivity contribution < 1.29 is 13.5 Å². The van der Waals surface area contributed by atoms with E-state index in [2.05, 4.69) is 10.2 Å². The fourth-order valence-corrected chi connectivity index (χ4v) is 3.16. The second kappa shape index (κ2) is 9.73. The number of nitrogens with zero attached hydrogens (tertiary/aromatic N) is 2. The monoisotopic (exact) mass is 391 g/mol. The molecule has 0 saturated carbocycles. The van der Waals surface area contributed by atoms with E-state index in [0.29, 0.717) is 11.7 Å². The Morgan fingerprint density at radius 3 is 2.22 bits per heavy atom. The number of nitrogens with one attached hydrogen (secondary N) is 1. The lowest BCUT2D eigenvalue weighted by Crippen LogP contribution is -2.43.